The zero-order valence-electron chi connectivity index (χ0n) is 16.7. The molecule has 5 nitrogen and oxygen atoms in total. The summed E-state index contributed by atoms with van der Waals surface area (Å²) in [7, 11) is 0. The van der Waals surface area contributed by atoms with Gasteiger partial charge in [0.15, 0.2) is 22.4 Å². The van der Waals surface area contributed by atoms with Crippen molar-refractivity contribution in [3.63, 3.8) is 0 Å². The van der Waals surface area contributed by atoms with Gasteiger partial charge in [0.2, 0.25) is 0 Å². The molecule has 6 heteroatoms. The summed E-state index contributed by atoms with van der Waals surface area (Å²) in [5.74, 6) is 1.59. The monoisotopic (exact) mass is 428 g/mol. The SMILES string of the molecule is O=C(CSc1nc(-c2ccccc2)c(-c2ccccc2)[nH]1)c1ccc2c(c1)OCCO2. The first kappa shape index (κ1) is 19.5. The number of hydrogen-bond acceptors (Lipinski definition) is 5. The maximum Gasteiger partial charge on any atom is 0.173 e. The van der Waals surface area contributed by atoms with Crippen LogP contribution in [-0.4, -0.2) is 34.7 Å². The molecule has 0 fully saturated rings. The fourth-order valence-electron chi connectivity index (χ4n) is 3.47. The Morgan fingerprint density at radius 2 is 1.55 bits per heavy atom. The number of imidazole rings is 1. The number of H-pyrrole nitrogens is 1. The number of benzene rings is 3. The molecule has 154 valence electrons. The van der Waals surface area contributed by atoms with Crippen LogP contribution in [0.4, 0.5) is 0 Å². The number of aromatic nitrogens is 2. The quantitative estimate of drug-likeness (QED) is 0.325. The van der Waals surface area contributed by atoms with Gasteiger partial charge in [0, 0.05) is 16.7 Å². The molecule has 1 aliphatic heterocycles. The number of ether oxygens (including phenoxy) is 2. The van der Waals surface area contributed by atoms with E-state index in [2.05, 4.69) is 17.1 Å². The van der Waals surface area contributed by atoms with E-state index in [4.69, 9.17) is 14.5 Å². The molecule has 5 rings (SSSR count). The highest BCUT2D eigenvalue weighted by atomic mass is 32.2. The van der Waals surface area contributed by atoms with E-state index in [-0.39, 0.29) is 11.5 Å². The van der Waals surface area contributed by atoms with Crippen molar-refractivity contribution < 1.29 is 14.3 Å². The summed E-state index contributed by atoms with van der Waals surface area (Å²) in [6, 6.07) is 25.5. The van der Waals surface area contributed by atoms with Crippen LogP contribution in [0.15, 0.2) is 84.0 Å². The Morgan fingerprint density at radius 1 is 0.871 bits per heavy atom. The standard InChI is InChI=1S/C25H20N2O3S/c28-20(19-11-12-21-22(15-19)30-14-13-29-21)16-31-25-26-23(17-7-3-1-4-8-17)24(27-25)18-9-5-2-6-10-18/h1-12,15H,13-14,16H2,(H,26,27). The molecule has 0 aliphatic carbocycles. The molecule has 1 aliphatic rings. The van der Waals surface area contributed by atoms with Gasteiger partial charge in [-0.2, -0.15) is 0 Å². The molecule has 0 bridgehead atoms. The van der Waals surface area contributed by atoms with E-state index in [1.165, 1.54) is 11.8 Å². The maximum atomic E-state index is 12.8. The molecule has 1 N–H and O–H groups in total. The van der Waals surface area contributed by atoms with Crippen LogP contribution in [-0.2, 0) is 0 Å². The Balaban J connectivity index is 1.38. The summed E-state index contributed by atoms with van der Waals surface area (Å²) in [5, 5.41) is 0.712. The fourth-order valence-corrected chi connectivity index (χ4v) is 4.24. The summed E-state index contributed by atoms with van der Waals surface area (Å²) >= 11 is 1.40. The topological polar surface area (TPSA) is 64.2 Å². The Bertz CT molecular complexity index is 1150. The third-order valence-corrected chi connectivity index (χ3v) is 5.87. The van der Waals surface area contributed by atoms with Crippen molar-refractivity contribution in [3.05, 3.63) is 84.4 Å². The average molecular weight is 429 g/mol. The summed E-state index contributed by atoms with van der Waals surface area (Å²) in [6.45, 7) is 1.03. The smallest absolute Gasteiger partial charge is 0.173 e. The van der Waals surface area contributed by atoms with Crippen molar-refractivity contribution in [2.45, 2.75) is 5.16 Å². The van der Waals surface area contributed by atoms with Crippen LogP contribution in [0.2, 0.25) is 0 Å². The van der Waals surface area contributed by atoms with Crippen LogP contribution in [0, 0.1) is 0 Å². The Labute approximate surface area is 184 Å². The number of hydrogen-bond donors (Lipinski definition) is 1. The molecule has 0 spiro atoms. The van der Waals surface area contributed by atoms with Gasteiger partial charge in [0.1, 0.15) is 13.2 Å². The van der Waals surface area contributed by atoms with Gasteiger partial charge in [0.05, 0.1) is 17.1 Å². The van der Waals surface area contributed by atoms with Crippen molar-refractivity contribution in [1.29, 1.82) is 0 Å². The second-order valence-electron chi connectivity index (χ2n) is 7.07. The molecule has 1 aromatic heterocycles. The number of carbonyl (C=O) groups excluding carboxylic acids is 1. The molecular weight excluding hydrogens is 408 g/mol. The van der Waals surface area contributed by atoms with Crippen molar-refractivity contribution >= 4 is 17.5 Å². The van der Waals surface area contributed by atoms with E-state index < -0.39 is 0 Å². The molecule has 31 heavy (non-hydrogen) atoms. The number of nitrogens with zero attached hydrogens (tertiary/aromatic N) is 1. The molecule has 3 aromatic carbocycles. The minimum absolute atomic E-state index is 0.0147. The molecule has 0 radical (unpaired) electrons. The number of ketones is 1. The first-order valence-electron chi connectivity index (χ1n) is 10.0. The minimum atomic E-state index is 0.0147. The van der Waals surface area contributed by atoms with Crippen LogP contribution in [0.25, 0.3) is 22.5 Å². The Kier molecular flexibility index (Phi) is 5.46. The zero-order chi connectivity index (χ0) is 21.0. The lowest BCUT2D eigenvalue weighted by atomic mass is 10.1. The van der Waals surface area contributed by atoms with Gasteiger partial charge in [0.25, 0.3) is 0 Å². The van der Waals surface area contributed by atoms with E-state index in [1.54, 1.807) is 18.2 Å². The number of fused-ring (bicyclic) bond motifs is 1. The highest BCUT2D eigenvalue weighted by molar-refractivity contribution is 7.99. The van der Waals surface area contributed by atoms with Crippen LogP contribution < -0.4 is 9.47 Å². The van der Waals surface area contributed by atoms with Crippen LogP contribution >= 0.6 is 11.8 Å². The summed E-state index contributed by atoms with van der Waals surface area (Å²) in [6.07, 6.45) is 0. The third kappa shape index (κ3) is 4.20. The van der Waals surface area contributed by atoms with Gasteiger partial charge in [-0.05, 0) is 18.2 Å². The maximum absolute atomic E-state index is 12.8. The Hall–Kier alpha value is -3.51. The lowest BCUT2D eigenvalue weighted by Crippen LogP contribution is -2.16. The summed E-state index contributed by atoms with van der Waals surface area (Å²) in [5.41, 5.74) is 4.51. The molecule has 4 aromatic rings. The number of carbonyl (C=O) groups is 1. The molecule has 0 unspecified atom stereocenters. The van der Waals surface area contributed by atoms with E-state index in [9.17, 15) is 4.79 Å². The summed E-state index contributed by atoms with van der Waals surface area (Å²) < 4.78 is 11.1. The predicted molar refractivity (Wildman–Crippen MR) is 122 cm³/mol. The van der Waals surface area contributed by atoms with Crippen LogP contribution in [0.1, 0.15) is 10.4 Å². The predicted octanol–water partition coefficient (Wildman–Crippen LogP) is 5.49. The van der Waals surface area contributed by atoms with Crippen molar-refractivity contribution in [2.75, 3.05) is 19.0 Å². The summed E-state index contributed by atoms with van der Waals surface area (Å²) in [4.78, 5) is 21.0. The highest BCUT2D eigenvalue weighted by Gasteiger charge is 2.18. The number of rotatable bonds is 6. The van der Waals surface area contributed by atoms with E-state index >= 15 is 0 Å². The van der Waals surface area contributed by atoms with Gasteiger partial charge in [-0.1, -0.05) is 72.4 Å². The normalized spacial score (nSPS) is 12.5. The lowest BCUT2D eigenvalue weighted by Gasteiger charge is -2.18. The number of thioether (sulfide) groups is 1. The van der Waals surface area contributed by atoms with E-state index in [0.29, 0.717) is 35.4 Å². The van der Waals surface area contributed by atoms with Gasteiger partial charge in [-0.25, -0.2) is 4.98 Å². The molecule has 0 saturated carbocycles. The second kappa shape index (κ2) is 8.70. The van der Waals surface area contributed by atoms with E-state index in [1.807, 2.05) is 48.5 Å². The fraction of sp³-hybridized carbons (Fsp3) is 0.120. The molecular formula is C25H20N2O3S. The van der Waals surface area contributed by atoms with E-state index in [0.717, 1.165) is 22.5 Å². The molecule has 0 atom stereocenters. The minimum Gasteiger partial charge on any atom is -0.486 e. The highest BCUT2D eigenvalue weighted by Crippen LogP contribution is 2.34. The van der Waals surface area contributed by atoms with Crippen molar-refractivity contribution in [1.82, 2.24) is 9.97 Å². The van der Waals surface area contributed by atoms with Gasteiger partial charge >= 0.3 is 0 Å². The average Bonchev–Trinajstić information content (AvgIpc) is 3.28. The molecule has 0 amide bonds. The second-order valence-corrected chi connectivity index (χ2v) is 8.03. The zero-order valence-corrected chi connectivity index (χ0v) is 17.5. The third-order valence-electron chi connectivity index (χ3n) is 5.00. The van der Waals surface area contributed by atoms with Crippen molar-refractivity contribution in [2.24, 2.45) is 0 Å². The molecule has 2 heterocycles. The molecule has 0 saturated heterocycles. The van der Waals surface area contributed by atoms with Gasteiger partial charge in [-0.15, -0.1) is 0 Å². The number of aromatic amines is 1. The first-order valence-corrected chi connectivity index (χ1v) is 11.0. The lowest BCUT2D eigenvalue weighted by molar-refractivity contribution is 0.102. The van der Waals surface area contributed by atoms with Gasteiger partial charge < -0.3 is 14.5 Å². The number of Topliss-reactive ketones (excluding diaryl/α,β-unsaturated/α-hetero) is 1. The van der Waals surface area contributed by atoms with Crippen LogP contribution in [0.5, 0.6) is 11.5 Å². The van der Waals surface area contributed by atoms with Crippen molar-refractivity contribution in [3.8, 4) is 34.0 Å². The Morgan fingerprint density at radius 3 is 2.29 bits per heavy atom. The first-order chi connectivity index (χ1) is 15.3. The largest absolute Gasteiger partial charge is 0.486 e. The number of nitrogens with one attached hydrogen (secondary N) is 1. The van der Waals surface area contributed by atoms with Crippen LogP contribution in [0.3, 0.4) is 0 Å². The van der Waals surface area contributed by atoms with Gasteiger partial charge in [-0.3, -0.25) is 4.79 Å².